The fourth-order valence-corrected chi connectivity index (χ4v) is 6.00. The van der Waals surface area contributed by atoms with Crippen LogP contribution in [0.3, 0.4) is 0 Å². The van der Waals surface area contributed by atoms with Crippen LogP contribution >= 0.6 is 0 Å². The Hall–Kier alpha value is -3.11. The molecule has 0 saturated carbocycles. The molecule has 2 aromatic carbocycles. The predicted octanol–water partition coefficient (Wildman–Crippen LogP) is 2.79. The van der Waals surface area contributed by atoms with Crippen LogP contribution in [0.25, 0.3) is 0 Å². The molecule has 1 N–H and O–H groups in total. The van der Waals surface area contributed by atoms with E-state index in [2.05, 4.69) is 5.32 Å². The lowest BCUT2D eigenvalue weighted by molar-refractivity contribution is -0.123. The number of amides is 2. The van der Waals surface area contributed by atoms with Gasteiger partial charge in [0.05, 0.1) is 17.2 Å². The van der Waals surface area contributed by atoms with Crippen LogP contribution in [0.2, 0.25) is 0 Å². The third-order valence-corrected chi connectivity index (χ3v) is 8.24. The van der Waals surface area contributed by atoms with Crippen LogP contribution in [0.15, 0.2) is 41.3 Å². The van der Waals surface area contributed by atoms with Gasteiger partial charge in [0, 0.05) is 37.8 Å². The van der Waals surface area contributed by atoms with Gasteiger partial charge in [0.1, 0.15) is 11.5 Å². The number of fused-ring (bicyclic) bond motifs is 1. The lowest BCUT2D eigenvalue weighted by Crippen LogP contribution is -2.43. The minimum absolute atomic E-state index is 0.0321. The van der Waals surface area contributed by atoms with Gasteiger partial charge in [0.15, 0.2) is 6.61 Å². The normalized spacial score (nSPS) is 16.9. The molecule has 0 aromatic heterocycles. The van der Waals surface area contributed by atoms with E-state index in [0.717, 1.165) is 11.4 Å². The van der Waals surface area contributed by atoms with Crippen molar-refractivity contribution in [1.82, 2.24) is 4.31 Å². The Morgan fingerprint density at radius 1 is 1.21 bits per heavy atom. The first-order valence-corrected chi connectivity index (χ1v) is 12.7. The summed E-state index contributed by atoms with van der Waals surface area (Å²) in [5.74, 6) is 0.521. The topological polar surface area (TPSA) is 105 Å². The molecule has 182 valence electrons. The van der Waals surface area contributed by atoms with Gasteiger partial charge in [-0.1, -0.05) is 0 Å². The van der Waals surface area contributed by atoms with Crippen LogP contribution in [0.4, 0.5) is 11.4 Å². The Morgan fingerprint density at radius 2 is 1.88 bits per heavy atom. The maximum atomic E-state index is 13.4. The van der Waals surface area contributed by atoms with Crippen LogP contribution in [0, 0.1) is 12.8 Å². The standard InChI is InChI=1S/C24H29N3O6S/c1-4-32-19-7-5-18(6-8-19)26(3)24(29)17-9-11-27(12-10-17)34(30,31)22-14-21-20(13-16(22)2)25-23(28)15-33-21/h5-8,13-14,17H,4,9-12,15H2,1-3H3,(H,25,28). The number of carbonyl (C=O) groups excluding carboxylic acids is 2. The van der Waals surface area contributed by atoms with Crippen molar-refractivity contribution in [2.24, 2.45) is 5.92 Å². The van der Waals surface area contributed by atoms with Crippen molar-refractivity contribution in [2.45, 2.75) is 31.6 Å². The highest BCUT2D eigenvalue weighted by atomic mass is 32.2. The largest absolute Gasteiger partial charge is 0.494 e. The van der Waals surface area contributed by atoms with Crippen molar-refractivity contribution in [3.8, 4) is 11.5 Å². The number of nitrogens with zero attached hydrogens (tertiary/aromatic N) is 2. The number of aryl methyl sites for hydroxylation is 1. The second-order valence-electron chi connectivity index (χ2n) is 8.45. The second kappa shape index (κ2) is 9.63. The van der Waals surface area contributed by atoms with E-state index in [1.165, 1.54) is 10.4 Å². The zero-order valence-corrected chi connectivity index (χ0v) is 20.4. The lowest BCUT2D eigenvalue weighted by Gasteiger charge is -2.33. The number of carbonyl (C=O) groups is 2. The molecule has 0 spiro atoms. The molecule has 2 aliphatic rings. The van der Waals surface area contributed by atoms with Gasteiger partial charge in [-0.2, -0.15) is 4.31 Å². The first-order valence-electron chi connectivity index (χ1n) is 11.3. The number of hydrogen-bond acceptors (Lipinski definition) is 6. The molecule has 34 heavy (non-hydrogen) atoms. The van der Waals surface area contributed by atoms with Gasteiger partial charge in [0.2, 0.25) is 15.9 Å². The zero-order valence-electron chi connectivity index (χ0n) is 19.5. The number of benzene rings is 2. The first-order chi connectivity index (χ1) is 16.2. The maximum absolute atomic E-state index is 13.4. The van der Waals surface area contributed by atoms with E-state index in [-0.39, 0.29) is 42.3 Å². The number of piperidine rings is 1. The summed E-state index contributed by atoms with van der Waals surface area (Å²) < 4.78 is 39.0. The molecule has 10 heteroatoms. The van der Waals surface area contributed by atoms with Gasteiger partial charge in [-0.15, -0.1) is 0 Å². The molecule has 0 atom stereocenters. The molecule has 9 nitrogen and oxygen atoms in total. The van der Waals surface area contributed by atoms with Crippen molar-refractivity contribution in [3.63, 3.8) is 0 Å². The minimum Gasteiger partial charge on any atom is -0.494 e. The van der Waals surface area contributed by atoms with E-state index in [9.17, 15) is 18.0 Å². The summed E-state index contributed by atoms with van der Waals surface area (Å²) in [7, 11) is -2.04. The number of nitrogens with one attached hydrogen (secondary N) is 1. The summed E-state index contributed by atoms with van der Waals surface area (Å²) in [6.45, 7) is 4.54. The Bertz CT molecular complexity index is 1190. The van der Waals surface area contributed by atoms with E-state index >= 15 is 0 Å². The molecule has 0 bridgehead atoms. The summed E-state index contributed by atoms with van der Waals surface area (Å²) in [5.41, 5.74) is 1.76. The Morgan fingerprint density at radius 3 is 2.53 bits per heavy atom. The van der Waals surface area contributed by atoms with E-state index < -0.39 is 10.0 Å². The number of ether oxygens (including phenoxy) is 2. The Labute approximate surface area is 199 Å². The number of sulfonamides is 1. The average Bonchev–Trinajstić information content (AvgIpc) is 2.83. The van der Waals surface area contributed by atoms with Crippen LogP contribution in [-0.4, -0.2) is 57.9 Å². The highest BCUT2D eigenvalue weighted by molar-refractivity contribution is 7.89. The summed E-state index contributed by atoms with van der Waals surface area (Å²) >= 11 is 0. The molecule has 0 aliphatic carbocycles. The van der Waals surface area contributed by atoms with Gasteiger partial charge in [0.25, 0.3) is 5.91 Å². The summed E-state index contributed by atoms with van der Waals surface area (Å²) in [4.78, 5) is 26.4. The van der Waals surface area contributed by atoms with Gasteiger partial charge < -0.3 is 19.7 Å². The molecule has 0 radical (unpaired) electrons. The smallest absolute Gasteiger partial charge is 0.262 e. The molecule has 4 rings (SSSR count). The molecule has 1 saturated heterocycles. The summed E-state index contributed by atoms with van der Waals surface area (Å²) in [5, 5.41) is 2.69. The zero-order chi connectivity index (χ0) is 24.5. The molecule has 1 fully saturated rings. The van der Waals surface area contributed by atoms with Crippen LogP contribution in [0.1, 0.15) is 25.3 Å². The van der Waals surface area contributed by atoms with Gasteiger partial charge in [-0.3, -0.25) is 9.59 Å². The monoisotopic (exact) mass is 487 g/mol. The lowest BCUT2D eigenvalue weighted by atomic mass is 9.96. The van der Waals surface area contributed by atoms with Crippen molar-refractivity contribution >= 4 is 33.2 Å². The van der Waals surface area contributed by atoms with Gasteiger partial charge >= 0.3 is 0 Å². The Balaban J connectivity index is 1.43. The minimum atomic E-state index is -3.77. The first kappa shape index (κ1) is 24.0. The van der Waals surface area contributed by atoms with E-state index in [1.54, 1.807) is 24.9 Å². The van der Waals surface area contributed by atoms with E-state index in [1.807, 2.05) is 31.2 Å². The molecule has 2 aromatic rings. The molecule has 2 amide bonds. The highest BCUT2D eigenvalue weighted by Gasteiger charge is 2.35. The average molecular weight is 488 g/mol. The van der Waals surface area contributed by atoms with Crippen LogP contribution < -0.4 is 19.7 Å². The fourth-order valence-electron chi connectivity index (χ4n) is 4.31. The van der Waals surface area contributed by atoms with E-state index in [4.69, 9.17) is 9.47 Å². The molecule has 2 heterocycles. The van der Waals surface area contributed by atoms with E-state index in [0.29, 0.717) is 36.4 Å². The molecular weight excluding hydrogens is 458 g/mol. The fraction of sp³-hybridized carbons (Fsp3) is 0.417. The van der Waals surface area contributed by atoms with Crippen LogP contribution in [0.5, 0.6) is 11.5 Å². The SMILES string of the molecule is CCOc1ccc(N(C)C(=O)C2CCN(S(=O)(=O)c3cc4c(cc3C)NC(=O)CO4)CC2)cc1. The third-order valence-electron chi connectivity index (χ3n) is 6.20. The number of anilines is 2. The van der Waals surface area contributed by atoms with Crippen molar-refractivity contribution in [3.05, 3.63) is 42.0 Å². The second-order valence-corrected chi connectivity index (χ2v) is 10.4. The van der Waals surface area contributed by atoms with Crippen LogP contribution in [-0.2, 0) is 19.6 Å². The maximum Gasteiger partial charge on any atom is 0.262 e. The number of rotatable bonds is 6. The Kier molecular flexibility index (Phi) is 6.81. The van der Waals surface area contributed by atoms with Crippen molar-refractivity contribution in [1.29, 1.82) is 0 Å². The van der Waals surface area contributed by atoms with Gasteiger partial charge in [-0.25, -0.2) is 8.42 Å². The van der Waals surface area contributed by atoms with Gasteiger partial charge in [-0.05, 0) is 62.6 Å². The summed E-state index contributed by atoms with van der Waals surface area (Å²) in [6, 6.07) is 10.4. The molecule has 0 unspecified atom stereocenters. The third kappa shape index (κ3) is 4.74. The molecular formula is C24H29N3O6S. The summed E-state index contributed by atoms with van der Waals surface area (Å²) in [6.07, 6.45) is 0.881. The highest BCUT2D eigenvalue weighted by Crippen LogP contribution is 2.35. The van der Waals surface area contributed by atoms with Crippen molar-refractivity contribution in [2.75, 3.05) is 43.6 Å². The van der Waals surface area contributed by atoms with Crippen molar-refractivity contribution < 1.29 is 27.5 Å². The molecule has 2 aliphatic heterocycles. The predicted molar refractivity (Wildman–Crippen MR) is 128 cm³/mol. The number of hydrogen-bond donors (Lipinski definition) is 1. The quantitative estimate of drug-likeness (QED) is 0.672.